The van der Waals surface area contributed by atoms with Gasteiger partial charge in [0.25, 0.3) is 5.91 Å². The summed E-state index contributed by atoms with van der Waals surface area (Å²) < 4.78 is 5.87. The van der Waals surface area contributed by atoms with Gasteiger partial charge in [-0.2, -0.15) is 0 Å². The molecule has 2 aromatic rings. The van der Waals surface area contributed by atoms with Gasteiger partial charge in [-0.25, -0.2) is 9.97 Å². The van der Waals surface area contributed by atoms with Crippen LogP contribution in [0.1, 0.15) is 23.8 Å². The number of amides is 1. The van der Waals surface area contributed by atoms with Gasteiger partial charge in [-0.05, 0) is 18.6 Å². The molecule has 0 aliphatic carbocycles. The van der Waals surface area contributed by atoms with Crippen LogP contribution in [0.15, 0.2) is 30.7 Å². The highest BCUT2D eigenvalue weighted by molar-refractivity contribution is 6.34. The summed E-state index contributed by atoms with van der Waals surface area (Å²) in [5.41, 5.74) is 0.788. The summed E-state index contributed by atoms with van der Waals surface area (Å²) in [6, 6.07) is 5.30. The number of hydrogen-bond acceptors (Lipinski definition) is 4. The zero-order chi connectivity index (χ0) is 15.7. The maximum atomic E-state index is 12.8. The van der Waals surface area contributed by atoms with Gasteiger partial charge >= 0.3 is 0 Å². The molecular formula is C15H13Cl2N3O2. The third kappa shape index (κ3) is 2.62. The Hall–Kier alpha value is -1.85. The number of ether oxygens (including phenoxy) is 1. The minimum atomic E-state index is -0.294. The summed E-state index contributed by atoms with van der Waals surface area (Å²) in [6.07, 6.45) is 3.33. The fraction of sp³-hybridized carbons (Fsp3) is 0.267. The van der Waals surface area contributed by atoms with Crippen molar-refractivity contribution in [1.29, 1.82) is 0 Å². The molecule has 0 fully saturated rings. The number of aromatic nitrogens is 2. The predicted molar refractivity (Wildman–Crippen MR) is 84.9 cm³/mol. The van der Waals surface area contributed by atoms with Crippen molar-refractivity contribution in [3.05, 3.63) is 46.5 Å². The van der Waals surface area contributed by atoms with Crippen LogP contribution < -0.4 is 9.64 Å². The third-order valence-corrected chi connectivity index (χ3v) is 4.05. The zero-order valence-electron chi connectivity index (χ0n) is 11.8. The lowest BCUT2D eigenvalue weighted by Crippen LogP contribution is -2.43. The molecule has 1 aliphatic rings. The molecule has 0 saturated heterocycles. The van der Waals surface area contributed by atoms with Crippen molar-refractivity contribution in [2.24, 2.45) is 0 Å². The Balaban J connectivity index is 2.05. The molecule has 0 spiro atoms. The quantitative estimate of drug-likeness (QED) is 0.840. The average molecular weight is 338 g/mol. The van der Waals surface area contributed by atoms with Crippen molar-refractivity contribution in [1.82, 2.24) is 9.97 Å². The molecule has 22 heavy (non-hydrogen) atoms. The Morgan fingerprint density at radius 3 is 2.95 bits per heavy atom. The lowest BCUT2D eigenvalue weighted by molar-refractivity contribution is 0.0949. The Labute approximate surface area is 137 Å². The van der Waals surface area contributed by atoms with Gasteiger partial charge < -0.3 is 4.74 Å². The van der Waals surface area contributed by atoms with Gasteiger partial charge in [0, 0.05) is 6.20 Å². The number of carbonyl (C=O) groups is 1. The number of benzene rings is 1. The number of nitrogens with zero attached hydrogens (tertiary/aromatic N) is 3. The molecule has 1 amide bonds. The second-order valence-electron chi connectivity index (χ2n) is 4.87. The number of hydrogen-bond donors (Lipinski definition) is 0. The summed E-state index contributed by atoms with van der Waals surface area (Å²) in [7, 11) is 0. The van der Waals surface area contributed by atoms with Gasteiger partial charge in [-0.1, -0.05) is 36.2 Å². The minimum absolute atomic E-state index is 0.128. The fourth-order valence-corrected chi connectivity index (χ4v) is 2.74. The lowest BCUT2D eigenvalue weighted by Gasteiger charge is -2.34. The van der Waals surface area contributed by atoms with Gasteiger partial charge in [-0.3, -0.25) is 9.69 Å². The molecule has 0 N–H and O–H groups in total. The number of para-hydroxylation sites is 1. The van der Waals surface area contributed by atoms with Crippen molar-refractivity contribution >= 4 is 34.8 Å². The monoisotopic (exact) mass is 337 g/mol. The van der Waals surface area contributed by atoms with Crippen LogP contribution in [0.3, 0.4) is 0 Å². The van der Waals surface area contributed by atoms with E-state index in [2.05, 4.69) is 9.97 Å². The molecule has 2 heterocycles. The highest BCUT2D eigenvalue weighted by atomic mass is 35.5. The molecule has 1 aromatic carbocycles. The van der Waals surface area contributed by atoms with Crippen LogP contribution in [-0.2, 0) is 0 Å². The van der Waals surface area contributed by atoms with E-state index in [-0.39, 0.29) is 22.7 Å². The van der Waals surface area contributed by atoms with E-state index < -0.39 is 0 Å². The van der Waals surface area contributed by atoms with E-state index in [1.807, 2.05) is 6.92 Å². The molecule has 1 atom stereocenters. The van der Waals surface area contributed by atoms with Gasteiger partial charge in [0.15, 0.2) is 11.4 Å². The fourth-order valence-electron chi connectivity index (χ4n) is 2.34. The Morgan fingerprint density at radius 1 is 1.41 bits per heavy atom. The molecule has 3 rings (SSSR count). The molecule has 114 valence electrons. The van der Waals surface area contributed by atoms with Crippen molar-refractivity contribution in [3.63, 3.8) is 0 Å². The van der Waals surface area contributed by atoms with E-state index in [0.717, 1.165) is 6.42 Å². The molecule has 0 bridgehead atoms. The second-order valence-corrected chi connectivity index (χ2v) is 5.69. The average Bonchev–Trinajstić information content (AvgIpc) is 2.54. The smallest absolute Gasteiger partial charge is 0.278 e. The van der Waals surface area contributed by atoms with E-state index in [1.54, 1.807) is 23.1 Å². The number of halogens is 2. The van der Waals surface area contributed by atoms with Crippen LogP contribution in [0.4, 0.5) is 5.69 Å². The molecule has 5 nitrogen and oxygen atoms in total. The summed E-state index contributed by atoms with van der Waals surface area (Å²) in [5, 5.41) is 0.692. The molecular weight excluding hydrogens is 325 g/mol. The molecule has 0 radical (unpaired) electrons. The number of fused-ring (bicyclic) bond motifs is 1. The number of carbonyl (C=O) groups excluding carboxylic acids is 1. The first-order valence-electron chi connectivity index (χ1n) is 6.84. The number of rotatable bonds is 2. The van der Waals surface area contributed by atoms with Crippen LogP contribution >= 0.6 is 23.2 Å². The number of anilines is 1. The molecule has 7 heteroatoms. The lowest BCUT2D eigenvalue weighted by atomic mass is 10.1. The highest BCUT2D eigenvalue weighted by Gasteiger charge is 2.32. The maximum Gasteiger partial charge on any atom is 0.278 e. The van der Waals surface area contributed by atoms with Crippen molar-refractivity contribution in [2.45, 2.75) is 19.4 Å². The summed E-state index contributed by atoms with van der Waals surface area (Å²) in [6.45, 7) is 2.41. The van der Waals surface area contributed by atoms with Crippen LogP contribution in [0.5, 0.6) is 5.75 Å². The van der Waals surface area contributed by atoms with Crippen molar-refractivity contribution in [2.75, 3.05) is 11.4 Å². The van der Waals surface area contributed by atoms with Gasteiger partial charge in [0.05, 0.1) is 22.3 Å². The van der Waals surface area contributed by atoms with Gasteiger partial charge in [-0.15, -0.1) is 0 Å². The highest BCUT2D eigenvalue weighted by Crippen LogP contribution is 2.40. The molecule has 0 saturated carbocycles. The first-order chi connectivity index (χ1) is 10.6. The van der Waals surface area contributed by atoms with E-state index in [4.69, 9.17) is 27.9 Å². The van der Waals surface area contributed by atoms with Gasteiger partial charge in [0.2, 0.25) is 0 Å². The van der Waals surface area contributed by atoms with Crippen molar-refractivity contribution < 1.29 is 9.53 Å². The minimum Gasteiger partial charge on any atom is -0.485 e. The molecule has 1 aromatic heterocycles. The van der Waals surface area contributed by atoms with Gasteiger partial charge in [0.1, 0.15) is 12.4 Å². The van der Waals surface area contributed by atoms with Crippen LogP contribution in [0.2, 0.25) is 10.0 Å². The van der Waals surface area contributed by atoms with Crippen LogP contribution in [-0.4, -0.2) is 28.5 Å². The predicted octanol–water partition coefficient (Wildman–Crippen LogP) is 3.60. The largest absolute Gasteiger partial charge is 0.485 e. The second kappa shape index (κ2) is 6.10. The van der Waals surface area contributed by atoms with E-state index in [9.17, 15) is 4.79 Å². The van der Waals surface area contributed by atoms with Crippen molar-refractivity contribution in [3.8, 4) is 5.75 Å². The third-order valence-electron chi connectivity index (χ3n) is 3.48. The normalized spacial score (nSPS) is 16.9. The van der Waals surface area contributed by atoms with Crippen LogP contribution in [0.25, 0.3) is 0 Å². The first-order valence-corrected chi connectivity index (χ1v) is 7.60. The van der Waals surface area contributed by atoms with E-state index in [0.29, 0.717) is 23.0 Å². The summed E-state index contributed by atoms with van der Waals surface area (Å²) >= 11 is 12.2. The molecule has 1 aliphatic heterocycles. The van der Waals surface area contributed by atoms with Crippen LogP contribution in [0, 0.1) is 0 Å². The summed E-state index contributed by atoms with van der Waals surface area (Å²) in [5.74, 6) is 0.221. The first kappa shape index (κ1) is 15.1. The van der Waals surface area contributed by atoms with E-state index in [1.165, 1.54) is 12.5 Å². The molecule has 0 unspecified atom stereocenters. The SMILES string of the molecule is CC[C@@H]1CN(C(=O)c2ncncc2Cl)c2cccc(Cl)c2O1. The Morgan fingerprint density at radius 2 is 2.23 bits per heavy atom. The van der Waals surface area contributed by atoms with E-state index >= 15 is 0 Å². The topological polar surface area (TPSA) is 55.3 Å². The standard InChI is InChI=1S/C15H13Cl2N3O2/c1-2-9-7-20(12-5-3-4-10(16)14(12)22-9)15(21)13-11(17)6-18-8-19-13/h3-6,8-9H,2,7H2,1H3/t9-/m1/s1. The Bertz CT molecular complexity index is 724. The zero-order valence-corrected chi connectivity index (χ0v) is 13.3. The Kier molecular flexibility index (Phi) is 4.18. The maximum absolute atomic E-state index is 12.8. The summed E-state index contributed by atoms with van der Waals surface area (Å²) in [4.78, 5) is 22.2.